The summed E-state index contributed by atoms with van der Waals surface area (Å²) in [6.07, 6.45) is 0. The molecule has 0 aliphatic carbocycles. The van der Waals surface area contributed by atoms with Gasteiger partial charge in [-0.1, -0.05) is 83.1 Å². The van der Waals surface area contributed by atoms with Gasteiger partial charge in [0.1, 0.15) is 0 Å². The van der Waals surface area contributed by atoms with Crippen LogP contribution in [0.5, 0.6) is 0 Å². The summed E-state index contributed by atoms with van der Waals surface area (Å²) < 4.78 is 0. The van der Waals surface area contributed by atoms with Gasteiger partial charge >= 0.3 is 9.90 Å². The van der Waals surface area contributed by atoms with E-state index in [0.717, 1.165) is 0 Å². The molecule has 0 atom stereocenters. The summed E-state index contributed by atoms with van der Waals surface area (Å²) in [6, 6.07) is 3.00. The maximum atomic E-state index is 4.28. The van der Waals surface area contributed by atoms with Crippen LogP contribution in [0.25, 0.3) is 16.0 Å². The Bertz CT molecular complexity index is 139. The Balaban J connectivity index is -0.000000108. The molecule has 0 aromatic heterocycles. The number of hydrogen-bond acceptors (Lipinski definition) is 0. The van der Waals surface area contributed by atoms with Gasteiger partial charge in [-0.25, -0.2) is 0 Å². The summed E-state index contributed by atoms with van der Waals surface area (Å²) in [5.74, 6) is 0. The van der Waals surface area contributed by atoms with Crippen LogP contribution in [0.15, 0.2) is 0 Å². The first-order valence-electron chi connectivity index (χ1n) is 8.48. The molecule has 3 nitrogen and oxygen atoms in total. The van der Waals surface area contributed by atoms with Crippen LogP contribution in [0.4, 0.5) is 0 Å². The van der Waals surface area contributed by atoms with Crippen molar-refractivity contribution in [1.29, 1.82) is 0 Å². The molecule has 0 heterocycles. The first kappa shape index (κ1) is 30.2. The third-order valence-electron chi connectivity index (χ3n) is 1.79. The largest absolute Gasteiger partial charge is 3.00 e. The molecule has 0 fully saturated rings. The zero-order valence-electron chi connectivity index (χ0n) is 17.3. The number of nitrogens with zero attached hydrogens (tertiary/aromatic N) is 3. The van der Waals surface area contributed by atoms with Gasteiger partial charge in [0.05, 0.1) is 0 Å². The third-order valence-corrected chi connectivity index (χ3v) is 1.79. The molecular formula is C18H42N3P. The van der Waals surface area contributed by atoms with Crippen LogP contribution in [0.3, 0.4) is 0 Å². The van der Waals surface area contributed by atoms with E-state index in [1.165, 1.54) is 0 Å². The molecule has 0 bridgehead atoms. The smallest absolute Gasteiger partial charge is 0.658 e. The van der Waals surface area contributed by atoms with Crippen LogP contribution in [0, 0.1) is 0 Å². The Labute approximate surface area is 145 Å². The predicted octanol–water partition coefficient (Wildman–Crippen LogP) is 7.39. The average Bonchev–Trinajstić information content (AvgIpc) is 2.10. The first-order valence-corrected chi connectivity index (χ1v) is 8.48. The zero-order valence-corrected chi connectivity index (χ0v) is 18.1. The fourth-order valence-electron chi connectivity index (χ4n) is 1.79. The van der Waals surface area contributed by atoms with Crippen molar-refractivity contribution >= 4 is 9.90 Å². The predicted molar refractivity (Wildman–Crippen MR) is 108 cm³/mol. The van der Waals surface area contributed by atoms with E-state index in [1.807, 2.05) is 0 Å². The summed E-state index contributed by atoms with van der Waals surface area (Å²) in [7, 11) is 0. The van der Waals surface area contributed by atoms with E-state index < -0.39 is 0 Å². The summed E-state index contributed by atoms with van der Waals surface area (Å²) in [6.45, 7) is 25.2. The minimum Gasteiger partial charge on any atom is -0.658 e. The molecule has 4 heteroatoms. The summed E-state index contributed by atoms with van der Waals surface area (Å²) in [5, 5.41) is 12.8. The van der Waals surface area contributed by atoms with Crippen molar-refractivity contribution in [3.63, 3.8) is 0 Å². The van der Waals surface area contributed by atoms with E-state index in [-0.39, 0.29) is 9.90 Å². The number of hydrogen-bond donors (Lipinski definition) is 0. The van der Waals surface area contributed by atoms with Crippen molar-refractivity contribution in [2.45, 2.75) is 119 Å². The van der Waals surface area contributed by atoms with Gasteiger partial charge in [0.15, 0.2) is 0 Å². The maximum Gasteiger partial charge on any atom is 3.00 e. The summed E-state index contributed by atoms with van der Waals surface area (Å²) >= 11 is 0. The van der Waals surface area contributed by atoms with E-state index >= 15 is 0 Å². The van der Waals surface area contributed by atoms with Crippen molar-refractivity contribution in [2.75, 3.05) is 0 Å². The topological polar surface area (TPSA) is 42.3 Å². The molecule has 134 valence electrons. The molecule has 2 radical (unpaired) electrons. The molecule has 0 aromatic rings. The molecule has 0 rings (SSSR count). The zero-order chi connectivity index (χ0) is 17.6. The second kappa shape index (κ2) is 19.4. The van der Waals surface area contributed by atoms with Crippen molar-refractivity contribution in [3.05, 3.63) is 16.0 Å². The van der Waals surface area contributed by atoms with Gasteiger partial charge in [-0.05, 0) is 0 Å². The van der Waals surface area contributed by atoms with Gasteiger partial charge in [0.2, 0.25) is 0 Å². The standard InChI is InChI=1S/3C6H14N.P/c3*1-5(2)7-6(3)4;/h3*5-6H,1-4H3;/q3*-1;+3. The van der Waals surface area contributed by atoms with Crippen LogP contribution < -0.4 is 0 Å². The van der Waals surface area contributed by atoms with Gasteiger partial charge in [-0.2, -0.15) is 0 Å². The van der Waals surface area contributed by atoms with E-state index in [0.29, 0.717) is 36.3 Å². The molecule has 0 aliphatic heterocycles. The molecule has 0 spiro atoms. The fraction of sp³-hybridized carbons (Fsp3) is 1.00. The van der Waals surface area contributed by atoms with E-state index in [2.05, 4.69) is 99.0 Å². The molecule has 22 heavy (non-hydrogen) atoms. The molecule has 0 saturated carbocycles. The quantitative estimate of drug-likeness (QED) is 0.455. The van der Waals surface area contributed by atoms with E-state index in [4.69, 9.17) is 0 Å². The van der Waals surface area contributed by atoms with Crippen LogP contribution >= 0.6 is 9.90 Å². The first-order chi connectivity index (χ1) is 9.38. The van der Waals surface area contributed by atoms with Crippen LogP contribution in [-0.4, -0.2) is 36.3 Å². The normalized spacial score (nSPS) is 10.6. The van der Waals surface area contributed by atoms with Gasteiger partial charge < -0.3 is 16.0 Å². The second-order valence-corrected chi connectivity index (χ2v) is 7.01. The molecule has 0 unspecified atom stereocenters. The summed E-state index contributed by atoms with van der Waals surface area (Å²) in [4.78, 5) is 0. The van der Waals surface area contributed by atoms with Gasteiger partial charge in [-0.3, -0.25) is 0 Å². The monoisotopic (exact) mass is 331 g/mol. The Morgan fingerprint density at radius 1 is 0.318 bits per heavy atom. The molecule has 0 N–H and O–H groups in total. The van der Waals surface area contributed by atoms with Gasteiger partial charge in [0, 0.05) is 0 Å². The van der Waals surface area contributed by atoms with Crippen LogP contribution in [0.2, 0.25) is 0 Å². The van der Waals surface area contributed by atoms with Crippen LogP contribution in [0.1, 0.15) is 83.1 Å². The minimum atomic E-state index is 0. The maximum absolute atomic E-state index is 4.28. The molecule has 0 aromatic carbocycles. The molecule has 0 aliphatic rings. The van der Waals surface area contributed by atoms with Crippen molar-refractivity contribution < 1.29 is 0 Å². The number of rotatable bonds is 6. The SMILES string of the molecule is CC(C)[N-]C(C)C.CC(C)[N-]C(C)C.CC(C)[N-]C(C)C.[P+3]. The Morgan fingerprint density at radius 3 is 0.409 bits per heavy atom. The minimum absolute atomic E-state index is 0. The van der Waals surface area contributed by atoms with E-state index in [1.54, 1.807) is 0 Å². The molecule has 0 amide bonds. The van der Waals surface area contributed by atoms with Crippen molar-refractivity contribution in [2.24, 2.45) is 0 Å². The summed E-state index contributed by atoms with van der Waals surface area (Å²) in [5.41, 5.74) is 0. The third kappa shape index (κ3) is 50.0. The molecular weight excluding hydrogens is 289 g/mol. The Hall–Kier alpha value is 0.310. The van der Waals surface area contributed by atoms with Crippen molar-refractivity contribution in [3.8, 4) is 0 Å². The Kier molecular flexibility index (Phi) is 26.6. The Morgan fingerprint density at radius 2 is 0.409 bits per heavy atom. The second-order valence-electron chi connectivity index (χ2n) is 7.01. The van der Waals surface area contributed by atoms with Gasteiger partial charge in [-0.15, -0.1) is 36.3 Å². The average molecular weight is 332 g/mol. The van der Waals surface area contributed by atoms with E-state index in [9.17, 15) is 0 Å². The van der Waals surface area contributed by atoms with Gasteiger partial charge in [0.25, 0.3) is 0 Å². The van der Waals surface area contributed by atoms with Crippen molar-refractivity contribution in [1.82, 2.24) is 0 Å². The van der Waals surface area contributed by atoms with Crippen LogP contribution in [-0.2, 0) is 0 Å². The molecule has 0 saturated heterocycles. The fourth-order valence-corrected chi connectivity index (χ4v) is 1.79.